The van der Waals surface area contributed by atoms with Crippen LogP contribution in [-0.2, 0) is 0 Å². The summed E-state index contributed by atoms with van der Waals surface area (Å²) < 4.78 is 0. The van der Waals surface area contributed by atoms with E-state index in [0.29, 0.717) is 10.0 Å². The van der Waals surface area contributed by atoms with Crippen molar-refractivity contribution in [3.05, 3.63) is 39.1 Å². The van der Waals surface area contributed by atoms with E-state index in [1.54, 1.807) is 6.07 Å². The molecule has 0 spiro atoms. The summed E-state index contributed by atoms with van der Waals surface area (Å²) in [4.78, 5) is 4.04. The van der Waals surface area contributed by atoms with Crippen LogP contribution in [-0.4, -0.2) is 4.98 Å². The monoisotopic (exact) mass is 228 g/mol. The van der Waals surface area contributed by atoms with Crippen LogP contribution in [0.4, 0.5) is 0 Å². The smallest absolute Gasteiger partial charge is 0.152 e. The highest BCUT2D eigenvalue weighted by Gasteiger charge is 2.07. The first kappa shape index (κ1) is 9.00. The molecule has 0 fully saturated rings. The average Bonchev–Trinajstić information content (AvgIpc) is 2.62. The highest BCUT2D eigenvalue weighted by molar-refractivity contribution is 7.07. The van der Waals surface area contributed by atoms with E-state index in [-0.39, 0.29) is 0 Å². The lowest BCUT2D eigenvalue weighted by atomic mass is 10.2. The summed E-state index contributed by atoms with van der Waals surface area (Å²) in [6.45, 7) is 0. The molecule has 0 saturated heterocycles. The van der Waals surface area contributed by atoms with Crippen LogP contribution < -0.4 is 0 Å². The van der Waals surface area contributed by atoms with Crippen molar-refractivity contribution in [1.82, 2.24) is 4.98 Å². The summed E-state index contributed by atoms with van der Waals surface area (Å²) >= 11 is 13.3. The van der Waals surface area contributed by atoms with Crippen molar-refractivity contribution in [3.63, 3.8) is 0 Å². The number of halogens is 2. The molecule has 0 N–H and O–H groups in total. The second-order valence-electron chi connectivity index (χ2n) is 2.43. The molecular formula is C9H4Cl2NS. The molecule has 0 aliphatic carbocycles. The third kappa shape index (κ3) is 1.70. The molecule has 13 heavy (non-hydrogen) atoms. The van der Waals surface area contributed by atoms with Crippen molar-refractivity contribution in [2.75, 3.05) is 0 Å². The molecule has 4 heteroatoms. The molecule has 0 aliphatic rings. The minimum absolute atomic E-state index is 0.545. The van der Waals surface area contributed by atoms with Crippen LogP contribution in [0.25, 0.3) is 11.3 Å². The first-order valence-corrected chi connectivity index (χ1v) is 5.18. The third-order valence-electron chi connectivity index (χ3n) is 1.62. The van der Waals surface area contributed by atoms with E-state index >= 15 is 0 Å². The zero-order chi connectivity index (χ0) is 9.26. The van der Waals surface area contributed by atoms with Crippen molar-refractivity contribution >= 4 is 34.5 Å². The van der Waals surface area contributed by atoms with Crippen molar-refractivity contribution in [1.29, 1.82) is 0 Å². The number of aromatic nitrogens is 1. The Morgan fingerprint density at radius 3 is 2.85 bits per heavy atom. The Hall–Kier alpha value is -0.570. The zero-order valence-electron chi connectivity index (χ0n) is 6.42. The maximum Gasteiger partial charge on any atom is 0.152 e. The quantitative estimate of drug-likeness (QED) is 0.722. The average molecular weight is 229 g/mol. The molecule has 1 aromatic heterocycles. The number of thiazole rings is 1. The van der Waals surface area contributed by atoms with Gasteiger partial charge in [0.25, 0.3) is 0 Å². The normalized spacial score (nSPS) is 10.3. The molecule has 65 valence electrons. The second-order valence-corrected chi connectivity index (χ2v) is 3.86. The Morgan fingerprint density at radius 1 is 1.31 bits per heavy atom. The summed E-state index contributed by atoms with van der Waals surface area (Å²) in [7, 11) is 0. The molecule has 1 nitrogen and oxygen atoms in total. The Balaban J connectivity index is 2.59. The Kier molecular flexibility index (Phi) is 2.54. The largest absolute Gasteiger partial charge is 0.233 e. The van der Waals surface area contributed by atoms with Gasteiger partial charge in [-0.25, -0.2) is 4.98 Å². The lowest BCUT2D eigenvalue weighted by Crippen LogP contribution is -1.79. The predicted octanol–water partition coefficient (Wildman–Crippen LogP) is 3.92. The summed E-state index contributed by atoms with van der Waals surface area (Å²) in [6, 6.07) is 5.49. The van der Waals surface area contributed by atoms with Gasteiger partial charge in [0.15, 0.2) is 5.51 Å². The van der Waals surface area contributed by atoms with E-state index in [4.69, 9.17) is 23.2 Å². The summed E-state index contributed by atoms with van der Waals surface area (Å²) in [5.41, 5.74) is 4.44. The van der Waals surface area contributed by atoms with Gasteiger partial charge in [-0.3, -0.25) is 0 Å². The molecule has 0 unspecified atom stereocenters. The van der Waals surface area contributed by atoms with Gasteiger partial charge in [-0.05, 0) is 6.07 Å². The van der Waals surface area contributed by atoms with Crippen molar-refractivity contribution in [2.24, 2.45) is 0 Å². The molecule has 0 aliphatic heterocycles. The van der Waals surface area contributed by atoms with Gasteiger partial charge in [-0.2, -0.15) is 0 Å². The summed E-state index contributed by atoms with van der Waals surface area (Å²) in [5.74, 6) is 0. The van der Waals surface area contributed by atoms with E-state index in [0.717, 1.165) is 11.3 Å². The number of rotatable bonds is 1. The first-order valence-electron chi connectivity index (χ1n) is 3.55. The van der Waals surface area contributed by atoms with Gasteiger partial charge < -0.3 is 0 Å². The molecule has 1 heterocycles. The Labute approximate surface area is 90.0 Å². The number of nitrogens with zero attached hydrogens (tertiary/aromatic N) is 1. The van der Waals surface area contributed by atoms with Crippen LogP contribution in [0.1, 0.15) is 0 Å². The topological polar surface area (TPSA) is 12.9 Å². The van der Waals surface area contributed by atoms with E-state index in [1.807, 2.05) is 17.5 Å². The third-order valence-corrected chi connectivity index (χ3v) is 2.97. The molecule has 0 saturated carbocycles. The van der Waals surface area contributed by atoms with Gasteiger partial charge in [-0.1, -0.05) is 35.3 Å². The van der Waals surface area contributed by atoms with Gasteiger partial charge in [0, 0.05) is 10.9 Å². The molecule has 0 amide bonds. The second kappa shape index (κ2) is 3.66. The van der Waals surface area contributed by atoms with Crippen LogP contribution in [0.3, 0.4) is 0 Å². The summed E-state index contributed by atoms with van der Waals surface area (Å²) in [5, 5.41) is 2.98. The lowest BCUT2D eigenvalue weighted by Gasteiger charge is -2.01. The van der Waals surface area contributed by atoms with Crippen LogP contribution in [0, 0.1) is 5.51 Å². The van der Waals surface area contributed by atoms with Crippen molar-refractivity contribution in [3.8, 4) is 11.3 Å². The fraction of sp³-hybridized carbons (Fsp3) is 0. The number of hydrogen-bond donors (Lipinski definition) is 0. The summed E-state index contributed by atoms with van der Waals surface area (Å²) in [6.07, 6.45) is 0. The number of hydrogen-bond acceptors (Lipinski definition) is 2. The minimum atomic E-state index is 0.545. The molecule has 0 bridgehead atoms. The van der Waals surface area contributed by atoms with Crippen LogP contribution >= 0.6 is 34.5 Å². The van der Waals surface area contributed by atoms with Gasteiger partial charge >= 0.3 is 0 Å². The molecule has 2 rings (SSSR count). The lowest BCUT2D eigenvalue weighted by molar-refractivity contribution is 1.40. The standard InChI is InChI=1S/C9H4Cl2NS/c10-7-3-1-2-6(9(7)11)8-4-13-5-12-8/h1-4H. The Morgan fingerprint density at radius 2 is 2.15 bits per heavy atom. The zero-order valence-corrected chi connectivity index (χ0v) is 8.75. The van der Waals surface area contributed by atoms with E-state index in [2.05, 4.69) is 10.5 Å². The van der Waals surface area contributed by atoms with Gasteiger partial charge in [-0.15, -0.1) is 11.3 Å². The van der Waals surface area contributed by atoms with Crippen molar-refractivity contribution < 1.29 is 0 Å². The van der Waals surface area contributed by atoms with E-state index in [1.165, 1.54) is 11.3 Å². The molecule has 0 atom stereocenters. The van der Waals surface area contributed by atoms with E-state index < -0.39 is 0 Å². The van der Waals surface area contributed by atoms with Crippen LogP contribution in [0.2, 0.25) is 10.0 Å². The molecule has 2 aromatic rings. The van der Waals surface area contributed by atoms with Gasteiger partial charge in [0.2, 0.25) is 0 Å². The first-order chi connectivity index (χ1) is 6.29. The molecule has 1 aromatic carbocycles. The fourth-order valence-electron chi connectivity index (χ4n) is 1.01. The Bertz CT molecular complexity index is 412. The molecule has 1 radical (unpaired) electrons. The fourth-order valence-corrected chi connectivity index (χ4v) is 1.90. The maximum absolute atomic E-state index is 6.00. The van der Waals surface area contributed by atoms with E-state index in [9.17, 15) is 0 Å². The SMILES string of the molecule is Clc1cccc(-c2cs[c]n2)c1Cl. The van der Waals surface area contributed by atoms with Crippen LogP contribution in [0.15, 0.2) is 23.6 Å². The van der Waals surface area contributed by atoms with Crippen molar-refractivity contribution in [2.45, 2.75) is 0 Å². The highest BCUT2D eigenvalue weighted by Crippen LogP contribution is 2.32. The molecular weight excluding hydrogens is 225 g/mol. The maximum atomic E-state index is 6.00. The predicted molar refractivity (Wildman–Crippen MR) is 56.4 cm³/mol. The highest BCUT2D eigenvalue weighted by atomic mass is 35.5. The van der Waals surface area contributed by atoms with Gasteiger partial charge in [0.05, 0.1) is 15.7 Å². The number of benzene rings is 1. The minimum Gasteiger partial charge on any atom is -0.233 e. The van der Waals surface area contributed by atoms with Crippen LogP contribution in [0.5, 0.6) is 0 Å². The van der Waals surface area contributed by atoms with Gasteiger partial charge in [0.1, 0.15) is 0 Å².